The van der Waals surface area contributed by atoms with Crippen LogP contribution in [0.1, 0.15) is 18.4 Å². The molecular formula is C10H11BrOS. The first kappa shape index (κ1) is 10.7. The van der Waals surface area contributed by atoms with Gasteiger partial charge >= 0.3 is 0 Å². The molecule has 0 heterocycles. The summed E-state index contributed by atoms with van der Waals surface area (Å²) in [6.45, 7) is 0. The van der Waals surface area contributed by atoms with Crippen LogP contribution in [0, 0.1) is 0 Å². The Hall–Kier alpha value is -0.410. The van der Waals surface area contributed by atoms with Gasteiger partial charge in [0.2, 0.25) is 0 Å². The van der Waals surface area contributed by atoms with Crippen molar-refractivity contribution < 1.29 is 4.21 Å². The normalized spacial score (nSPS) is 9.62. The van der Waals surface area contributed by atoms with E-state index >= 15 is 0 Å². The van der Waals surface area contributed by atoms with E-state index in [1.54, 1.807) is 0 Å². The summed E-state index contributed by atoms with van der Waals surface area (Å²) in [5.74, 6) is 0. The lowest BCUT2D eigenvalue weighted by atomic mass is 10.1. The van der Waals surface area contributed by atoms with Crippen LogP contribution >= 0.6 is 15.9 Å². The highest BCUT2D eigenvalue weighted by molar-refractivity contribution is 9.09. The highest BCUT2D eigenvalue weighted by Crippen LogP contribution is 2.05. The Morgan fingerprint density at radius 2 is 2.00 bits per heavy atom. The van der Waals surface area contributed by atoms with Gasteiger partial charge in [0.05, 0.1) is 16.1 Å². The van der Waals surface area contributed by atoms with Gasteiger partial charge in [0.1, 0.15) is 0 Å². The molecule has 0 bridgehead atoms. The lowest BCUT2D eigenvalue weighted by Gasteiger charge is -2.00. The van der Waals surface area contributed by atoms with Crippen LogP contribution in [0.15, 0.2) is 30.3 Å². The number of alkyl halides is 1. The van der Waals surface area contributed by atoms with Gasteiger partial charge in [-0.25, -0.2) is 4.21 Å². The molecule has 0 radical (unpaired) electrons. The summed E-state index contributed by atoms with van der Waals surface area (Å²) in [5, 5.41) is 0.948. The van der Waals surface area contributed by atoms with Crippen molar-refractivity contribution in [2.24, 2.45) is 0 Å². The molecule has 0 aliphatic heterocycles. The second-order valence-corrected chi connectivity index (χ2v) is 4.12. The molecule has 1 aromatic carbocycles. The predicted molar refractivity (Wildman–Crippen MR) is 61.7 cm³/mol. The van der Waals surface area contributed by atoms with E-state index in [1.807, 2.05) is 30.3 Å². The molecule has 3 heteroatoms. The molecule has 0 aromatic heterocycles. The minimum atomic E-state index is 0.609. The van der Waals surface area contributed by atoms with Crippen molar-refractivity contribution in [1.29, 1.82) is 0 Å². The average Bonchev–Trinajstić information content (AvgIpc) is 2.21. The lowest BCUT2D eigenvalue weighted by molar-refractivity contribution is 0.700. The molecule has 1 aromatic rings. The molecule has 1 rings (SSSR count). The van der Waals surface area contributed by atoms with E-state index in [2.05, 4.69) is 15.9 Å². The van der Waals surface area contributed by atoms with Gasteiger partial charge in [-0.15, -0.1) is 0 Å². The minimum absolute atomic E-state index is 0.609. The van der Waals surface area contributed by atoms with Crippen LogP contribution in [0.3, 0.4) is 0 Å². The maximum Gasteiger partial charge on any atom is 0.0926 e. The number of rotatable bonds is 4. The fraction of sp³-hybridized carbons (Fsp3) is 0.300. The molecule has 1 nitrogen and oxygen atoms in total. The molecule has 0 fully saturated rings. The van der Waals surface area contributed by atoms with Gasteiger partial charge < -0.3 is 0 Å². The first-order chi connectivity index (χ1) is 6.38. The summed E-state index contributed by atoms with van der Waals surface area (Å²) in [6.07, 6.45) is 1.88. The first-order valence-electron chi connectivity index (χ1n) is 4.15. The Bertz CT molecular complexity index is 304. The van der Waals surface area contributed by atoms with E-state index in [9.17, 15) is 4.21 Å². The highest BCUT2D eigenvalue weighted by Gasteiger charge is 2.00. The van der Waals surface area contributed by atoms with Gasteiger partial charge in [-0.3, -0.25) is 0 Å². The minimum Gasteiger partial charge on any atom is -0.212 e. The number of halogens is 1. The summed E-state index contributed by atoms with van der Waals surface area (Å²) in [4.78, 5) is 0.931. The molecule has 0 N–H and O–H groups in total. The number of hydrogen-bond acceptors (Lipinski definition) is 1. The summed E-state index contributed by atoms with van der Waals surface area (Å²) >= 11 is 3.96. The largest absolute Gasteiger partial charge is 0.212 e. The number of benzene rings is 1. The van der Waals surface area contributed by atoms with Crippen LogP contribution in [0.5, 0.6) is 0 Å². The fourth-order valence-corrected chi connectivity index (χ4v) is 1.83. The zero-order valence-electron chi connectivity index (χ0n) is 7.20. The van der Waals surface area contributed by atoms with E-state index in [-0.39, 0.29) is 0 Å². The summed E-state index contributed by atoms with van der Waals surface area (Å²) in [7, 11) is 0. The molecule has 70 valence electrons. The molecule has 13 heavy (non-hydrogen) atoms. The third kappa shape index (κ3) is 3.44. The van der Waals surface area contributed by atoms with E-state index in [4.69, 9.17) is 0 Å². The SMILES string of the molecule is O=S=C(CCCBr)c1ccccc1. The van der Waals surface area contributed by atoms with Gasteiger partial charge in [0, 0.05) is 5.33 Å². The van der Waals surface area contributed by atoms with Gasteiger partial charge in [-0.05, 0) is 18.4 Å². The van der Waals surface area contributed by atoms with Gasteiger partial charge in [-0.1, -0.05) is 46.3 Å². The third-order valence-corrected chi connectivity index (χ3v) is 2.94. The fourth-order valence-electron chi connectivity index (χ4n) is 1.09. The zero-order valence-corrected chi connectivity index (χ0v) is 9.61. The Balaban J connectivity index is 2.75. The van der Waals surface area contributed by atoms with Crippen LogP contribution < -0.4 is 0 Å². The van der Waals surface area contributed by atoms with Crippen molar-refractivity contribution >= 4 is 32.1 Å². The molecule has 0 atom stereocenters. The molecule has 0 saturated heterocycles. The molecule has 0 spiro atoms. The van der Waals surface area contributed by atoms with Gasteiger partial charge in [0.25, 0.3) is 0 Å². The topological polar surface area (TPSA) is 17.1 Å². The molecule has 0 amide bonds. The second kappa shape index (κ2) is 6.11. The van der Waals surface area contributed by atoms with Crippen molar-refractivity contribution in [1.82, 2.24) is 0 Å². The summed E-state index contributed by atoms with van der Waals surface area (Å²) in [6, 6.07) is 9.84. The van der Waals surface area contributed by atoms with Crippen molar-refractivity contribution in [3.63, 3.8) is 0 Å². The Morgan fingerprint density at radius 1 is 1.31 bits per heavy atom. The van der Waals surface area contributed by atoms with Crippen molar-refractivity contribution in [2.45, 2.75) is 12.8 Å². The van der Waals surface area contributed by atoms with Crippen LogP contribution in [0.4, 0.5) is 0 Å². The van der Waals surface area contributed by atoms with Crippen LogP contribution in [-0.2, 0) is 11.3 Å². The molecule has 0 aliphatic rings. The van der Waals surface area contributed by atoms with E-state index in [1.165, 1.54) is 0 Å². The second-order valence-electron chi connectivity index (χ2n) is 2.67. The maximum atomic E-state index is 10.8. The first-order valence-corrected chi connectivity index (χ1v) is 6.02. The summed E-state index contributed by atoms with van der Waals surface area (Å²) in [5.41, 5.74) is 1.06. The smallest absolute Gasteiger partial charge is 0.0926 e. The van der Waals surface area contributed by atoms with E-state index in [0.29, 0.717) is 11.3 Å². The molecule has 0 saturated carbocycles. The Kier molecular flexibility index (Phi) is 5.01. The van der Waals surface area contributed by atoms with E-state index in [0.717, 1.165) is 28.6 Å². The van der Waals surface area contributed by atoms with Crippen LogP contribution in [-0.4, -0.2) is 14.4 Å². The average molecular weight is 259 g/mol. The highest BCUT2D eigenvalue weighted by atomic mass is 79.9. The van der Waals surface area contributed by atoms with Crippen molar-refractivity contribution in [2.75, 3.05) is 5.33 Å². The molecule has 0 unspecified atom stereocenters. The maximum absolute atomic E-state index is 10.8. The van der Waals surface area contributed by atoms with Gasteiger partial charge in [-0.2, -0.15) is 0 Å². The molecular weight excluding hydrogens is 248 g/mol. The molecule has 0 aliphatic carbocycles. The number of hydrogen-bond donors (Lipinski definition) is 0. The van der Waals surface area contributed by atoms with Crippen molar-refractivity contribution in [3.8, 4) is 0 Å². The lowest BCUT2D eigenvalue weighted by Crippen LogP contribution is -2.00. The standard InChI is InChI=1S/C10H11BrOS/c11-8-4-7-10(13-12)9-5-2-1-3-6-9/h1-3,5-6H,4,7-8H2. The van der Waals surface area contributed by atoms with Gasteiger partial charge in [0.15, 0.2) is 0 Å². The van der Waals surface area contributed by atoms with Crippen LogP contribution in [0.2, 0.25) is 0 Å². The zero-order chi connectivity index (χ0) is 9.52. The van der Waals surface area contributed by atoms with Crippen molar-refractivity contribution in [3.05, 3.63) is 35.9 Å². The quantitative estimate of drug-likeness (QED) is 0.461. The Labute approximate surface area is 90.4 Å². The van der Waals surface area contributed by atoms with E-state index < -0.39 is 0 Å². The Morgan fingerprint density at radius 3 is 2.54 bits per heavy atom. The summed E-state index contributed by atoms with van der Waals surface area (Å²) < 4.78 is 10.8. The van der Waals surface area contributed by atoms with Crippen LogP contribution in [0.25, 0.3) is 0 Å². The monoisotopic (exact) mass is 258 g/mol. The predicted octanol–water partition coefficient (Wildman–Crippen LogP) is 2.60. The third-order valence-electron chi connectivity index (χ3n) is 1.73.